The average Bonchev–Trinajstić information content (AvgIpc) is 3.13. The Kier molecular flexibility index (Phi) is 6.09. The SMILES string of the molecule is CC(C)(C)c1ccc(C=CC(=O)NCc2nc(-c3cccc(Br)c3)no2)cc1. The van der Waals surface area contributed by atoms with E-state index in [1.54, 1.807) is 6.08 Å². The molecule has 5 nitrogen and oxygen atoms in total. The van der Waals surface area contributed by atoms with E-state index in [0.717, 1.165) is 15.6 Å². The molecule has 28 heavy (non-hydrogen) atoms. The van der Waals surface area contributed by atoms with Gasteiger partial charge in [-0.2, -0.15) is 4.98 Å². The zero-order chi connectivity index (χ0) is 20.1. The number of hydrogen-bond acceptors (Lipinski definition) is 4. The Labute approximate surface area is 173 Å². The Bertz CT molecular complexity index is 986. The summed E-state index contributed by atoms with van der Waals surface area (Å²) < 4.78 is 6.14. The third kappa shape index (κ3) is 5.39. The van der Waals surface area contributed by atoms with E-state index in [4.69, 9.17) is 4.52 Å². The van der Waals surface area contributed by atoms with E-state index in [1.807, 2.05) is 36.4 Å². The molecule has 0 atom stereocenters. The highest BCUT2D eigenvalue weighted by atomic mass is 79.9. The van der Waals surface area contributed by atoms with Crippen molar-refractivity contribution in [3.05, 3.63) is 76.1 Å². The number of amides is 1. The average molecular weight is 440 g/mol. The quantitative estimate of drug-likeness (QED) is 0.559. The molecule has 0 bridgehead atoms. The molecule has 0 saturated heterocycles. The number of nitrogens with one attached hydrogen (secondary N) is 1. The molecular weight excluding hydrogens is 418 g/mol. The first-order chi connectivity index (χ1) is 13.3. The van der Waals surface area contributed by atoms with Crippen molar-refractivity contribution in [2.45, 2.75) is 32.7 Å². The minimum absolute atomic E-state index is 0.110. The fourth-order valence-corrected chi connectivity index (χ4v) is 2.96. The molecule has 144 valence electrons. The lowest BCUT2D eigenvalue weighted by atomic mass is 9.87. The van der Waals surface area contributed by atoms with Crippen molar-refractivity contribution in [1.29, 1.82) is 0 Å². The first-order valence-electron chi connectivity index (χ1n) is 8.96. The maximum Gasteiger partial charge on any atom is 0.246 e. The number of carbonyl (C=O) groups is 1. The van der Waals surface area contributed by atoms with Crippen molar-refractivity contribution >= 4 is 27.9 Å². The molecule has 0 aliphatic heterocycles. The zero-order valence-electron chi connectivity index (χ0n) is 16.1. The van der Waals surface area contributed by atoms with Gasteiger partial charge in [0.1, 0.15) is 0 Å². The topological polar surface area (TPSA) is 68.0 Å². The third-order valence-electron chi connectivity index (χ3n) is 4.17. The number of rotatable bonds is 5. The molecule has 1 aromatic heterocycles. The predicted molar refractivity (Wildman–Crippen MR) is 113 cm³/mol. The van der Waals surface area contributed by atoms with Crippen molar-refractivity contribution < 1.29 is 9.32 Å². The molecule has 0 spiro atoms. The van der Waals surface area contributed by atoms with Gasteiger partial charge < -0.3 is 9.84 Å². The van der Waals surface area contributed by atoms with Crippen molar-refractivity contribution in [1.82, 2.24) is 15.5 Å². The van der Waals surface area contributed by atoms with Gasteiger partial charge in [-0.15, -0.1) is 0 Å². The Morgan fingerprint density at radius 1 is 1.18 bits per heavy atom. The number of halogens is 1. The molecule has 0 aliphatic rings. The first kappa shape index (κ1) is 20.0. The molecular formula is C22H22BrN3O2. The van der Waals surface area contributed by atoms with Crippen molar-refractivity contribution in [2.24, 2.45) is 0 Å². The minimum atomic E-state index is -0.220. The van der Waals surface area contributed by atoms with Crippen molar-refractivity contribution in [3.63, 3.8) is 0 Å². The largest absolute Gasteiger partial charge is 0.343 e. The van der Waals surface area contributed by atoms with Gasteiger partial charge in [-0.25, -0.2) is 0 Å². The fourth-order valence-electron chi connectivity index (χ4n) is 2.56. The summed E-state index contributed by atoms with van der Waals surface area (Å²) >= 11 is 3.42. The normalized spacial score (nSPS) is 11.7. The van der Waals surface area contributed by atoms with Crippen LogP contribution < -0.4 is 5.32 Å². The lowest BCUT2D eigenvalue weighted by molar-refractivity contribution is -0.116. The maximum absolute atomic E-state index is 12.0. The van der Waals surface area contributed by atoms with E-state index in [0.29, 0.717) is 11.7 Å². The molecule has 0 fully saturated rings. The van der Waals surface area contributed by atoms with Gasteiger partial charge in [-0.3, -0.25) is 4.79 Å². The van der Waals surface area contributed by atoms with E-state index >= 15 is 0 Å². The zero-order valence-corrected chi connectivity index (χ0v) is 17.7. The highest BCUT2D eigenvalue weighted by Crippen LogP contribution is 2.22. The Hall–Kier alpha value is -2.73. The van der Waals surface area contributed by atoms with Crippen LogP contribution in [0.15, 0.2) is 63.6 Å². The van der Waals surface area contributed by atoms with Gasteiger partial charge in [0.15, 0.2) is 0 Å². The number of hydrogen-bond donors (Lipinski definition) is 1. The van der Waals surface area contributed by atoms with Gasteiger partial charge in [0.2, 0.25) is 17.6 Å². The lowest BCUT2D eigenvalue weighted by Crippen LogP contribution is -2.20. The second-order valence-corrected chi connectivity index (χ2v) is 8.36. The van der Waals surface area contributed by atoms with Crippen LogP contribution in [0.25, 0.3) is 17.5 Å². The number of benzene rings is 2. The summed E-state index contributed by atoms with van der Waals surface area (Å²) in [6, 6.07) is 15.8. The van der Waals surface area contributed by atoms with Gasteiger partial charge in [0, 0.05) is 16.1 Å². The molecule has 0 saturated carbocycles. The van der Waals surface area contributed by atoms with Crippen LogP contribution >= 0.6 is 15.9 Å². The Morgan fingerprint density at radius 3 is 2.61 bits per heavy atom. The van der Waals surface area contributed by atoms with E-state index < -0.39 is 0 Å². The van der Waals surface area contributed by atoms with Crippen LogP contribution in [-0.4, -0.2) is 16.0 Å². The Morgan fingerprint density at radius 2 is 1.93 bits per heavy atom. The second-order valence-electron chi connectivity index (χ2n) is 7.45. The number of nitrogens with zero attached hydrogens (tertiary/aromatic N) is 2. The van der Waals surface area contributed by atoms with E-state index in [-0.39, 0.29) is 17.9 Å². The standard InChI is InChI=1S/C22H22BrN3O2/c1-22(2,3)17-10-7-15(8-11-17)9-12-19(27)24-14-20-25-21(26-28-20)16-5-4-6-18(23)13-16/h4-13H,14H2,1-3H3,(H,24,27). The molecule has 1 amide bonds. The summed E-state index contributed by atoms with van der Waals surface area (Å²) in [6.45, 7) is 6.69. The van der Waals surface area contributed by atoms with Crippen LogP contribution in [0, 0.1) is 0 Å². The van der Waals surface area contributed by atoms with E-state index in [9.17, 15) is 4.79 Å². The summed E-state index contributed by atoms with van der Waals surface area (Å²) in [7, 11) is 0. The molecule has 3 rings (SSSR count). The summed E-state index contributed by atoms with van der Waals surface area (Å²) in [6.07, 6.45) is 3.28. The minimum Gasteiger partial charge on any atom is -0.343 e. The monoisotopic (exact) mass is 439 g/mol. The van der Waals surface area contributed by atoms with Crippen LogP contribution in [-0.2, 0) is 16.8 Å². The van der Waals surface area contributed by atoms with Crippen LogP contribution in [0.4, 0.5) is 0 Å². The van der Waals surface area contributed by atoms with Crippen LogP contribution in [0.3, 0.4) is 0 Å². The fraction of sp³-hybridized carbons (Fsp3) is 0.227. The molecule has 1 N–H and O–H groups in total. The van der Waals surface area contributed by atoms with Crippen LogP contribution in [0.5, 0.6) is 0 Å². The molecule has 0 radical (unpaired) electrons. The molecule has 0 aliphatic carbocycles. The van der Waals surface area contributed by atoms with E-state index in [1.165, 1.54) is 11.6 Å². The van der Waals surface area contributed by atoms with Crippen molar-refractivity contribution in [2.75, 3.05) is 0 Å². The van der Waals surface area contributed by atoms with Crippen LogP contribution in [0.2, 0.25) is 0 Å². The van der Waals surface area contributed by atoms with Gasteiger partial charge in [-0.05, 0) is 34.8 Å². The first-order valence-corrected chi connectivity index (χ1v) is 9.75. The van der Waals surface area contributed by atoms with Crippen molar-refractivity contribution in [3.8, 4) is 11.4 Å². The van der Waals surface area contributed by atoms with E-state index in [2.05, 4.69) is 64.3 Å². The summed E-state index contributed by atoms with van der Waals surface area (Å²) in [5.74, 6) is 0.619. The van der Waals surface area contributed by atoms with Gasteiger partial charge in [0.25, 0.3) is 0 Å². The summed E-state index contributed by atoms with van der Waals surface area (Å²) in [4.78, 5) is 16.4. The Balaban J connectivity index is 1.55. The highest BCUT2D eigenvalue weighted by Gasteiger charge is 2.12. The number of aromatic nitrogens is 2. The highest BCUT2D eigenvalue weighted by molar-refractivity contribution is 9.10. The molecule has 2 aromatic carbocycles. The second kappa shape index (κ2) is 8.52. The lowest BCUT2D eigenvalue weighted by Gasteiger charge is -2.18. The van der Waals surface area contributed by atoms with Gasteiger partial charge in [0.05, 0.1) is 6.54 Å². The summed E-state index contributed by atoms with van der Waals surface area (Å²) in [5.41, 5.74) is 3.18. The van der Waals surface area contributed by atoms with Gasteiger partial charge >= 0.3 is 0 Å². The maximum atomic E-state index is 12.0. The molecule has 1 heterocycles. The molecule has 0 unspecified atom stereocenters. The predicted octanol–water partition coefficient (Wildman–Crippen LogP) is 5.13. The number of carbonyl (C=O) groups excluding carboxylic acids is 1. The third-order valence-corrected chi connectivity index (χ3v) is 4.66. The van der Waals surface area contributed by atoms with Crippen LogP contribution in [0.1, 0.15) is 37.8 Å². The molecule has 3 aromatic rings. The smallest absolute Gasteiger partial charge is 0.246 e. The van der Waals surface area contributed by atoms with Gasteiger partial charge in [-0.1, -0.05) is 78.3 Å². The molecule has 6 heteroatoms. The summed E-state index contributed by atoms with van der Waals surface area (Å²) in [5, 5.41) is 6.70.